The van der Waals surface area contributed by atoms with E-state index in [1.165, 1.54) is 13.3 Å². The zero-order chi connectivity index (χ0) is 14.3. The SMILES string of the molecule is CCN(CC)CCNc1cc(C(=O)OC)c(N)cn1. The van der Waals surface area contributed by atoms with Crippen molar-refractivity contribution in [3.05, 3.63) is 17.8 Å². The Kier molecular flexibility index (Phi) is 6.08. The summed E-state index contributed by atoms with van der Waals surface area (Å²) >= 11 is 0. The van der Waals surface area contributed by atoms with Crippen molar-refractivity contribution >= 4 is 17.5 Å². The van der Waals surface area contributed by atoms with E-state index in [9.17, 15) is 4.79 Å². The first-order valence-corrected chi connectivity index (χ1v) is 6.42. The fourth-order valence-electron chi connectivity index (χ4n) is 1.73. The third kappa shape index (κ3) is 4.40. The Hall–Kier alpha value is -1.82. The average Bonchev–Trinajstić information content (AvgIpc) is 2.44. The van der Waals surface area contributed by atoms with Gasteiger partial charge in [0.25, 0.3) is 0 Å². The van der Waals surface area contributed by atoms with Crippen LogP contribution in [0, 0.1) is 0 Å². The number of nitrogen functional groups attached to an aromatic ring is 1. The first kappa shape index (κ1) is 15.2. The fraction of sp³-hybridized carbons (Fsp3) is 0.538. The van der Waals surface area contributed by atoms with E-state index in [0.29, 0.717) is 17.1 Å². The van der Waals surface area contributed by atoms with Gasteiger partial charge < -0.3 is 20.7 Å². The van der Waals surface area contributed by atoms with E-state index in [-0.39, 0.29) is 0 Å². The Morgan fingerprint density at radius 2 is 2.16 bits per heavy atom. The van der Waals surface area contributed by atoms with Gasteiger partial charge in [-0.3, -0.25) is 0 Å². The second-order valence-corrected chi connectivity index (χ2v) is 4.10. The zero-order valence-corrected chi connectivity index (χ0v) is 11.8. The van der Waals surface area contributed by atoms with Crippen molar-refractivity contribution in [2.24, 2.45) is 0 Å². The molecular weight excluding hydrogens is 244 g/mol. The summed E-state index contributed by atoms with van der Waals surface area (Å²) in [6, 6.07) is 1.61. The molecule has 0 saturated carbocycles. The lowest BCUT2D eigenvalue weighted by molar-refractivity contribution is 0.0602. The fourth-order valence-corrected chi connectivity index (χ4v) is 1.73. The predicted octanol–water partition coefficient (Wildman–Crippen LogP) is 1.20. The van der Waals surface area contributed by atoms with Gasteiger partial charge in [-0.25, -0.2) is 9.78 Å². The third-order valence-corrected chi connectivity index (χ3v) is 2.97. The summed E-state index contributed by atoms with van der Waals surface area (Å²) in [7, 11) is 1.33. The van der Waals surface area contributed by atoms with E-state index in [1.54, 1.807) is 6.07 Å². The number of aromatic nitrogens is 1. The predicted molar refractivity (Wildman–Crippen MR) is 76.3 cm³/mol. The number of hydrogen-bond acceptors (Lipinski definition) is 6. The number of nitrogens with two attached hydrogens (primary N) is 1. The molecule has 0 radical (unpaired) electrons. The molecule has 3 N–H and O–H groups in total. The second kappa shape index (κ2) is 7.58. The number of likely N-dealkylation sites (N-methyl/N-ethyl adjacent to an activating group) is 1. The van der Waals surface area contributed by atoms with Crippen LogP contribution in [0.15, 0.2) is 12.3 Å². The number of nitrogens with one attached hydrogen (secondary N) is 1. The van der Waals surface area contributed by atoms with E-state index in [4.69, 9.17) is 5.73 Å². The highest BCUT2D eigenvalue weighted by Gasteiger charge is 2.11. The summed E-state index contributed by atoms with van der Waals surface area (Å²) in [5.41, 5.74) is 6.34. The third-order valence-electron chi connectivity index (χ3n) is 2.97. The number of rotatable bonds is 7. The molecule has 1 rings (SSSR count). The minimum Gasteiger partial charge on any atom is -0.465 e. The molecule has 0 amide bonds. The van der Waals surface area contributed by atoms with Crippen LogP contribution < -0.4 is 11.1 Å². The number of anilines is 2. The molecule has 0 bridgehead atoms. The molecule has 1 aromatic rings. The quantitative estimate of drug-likeness (QED) is 0.722. The Labute approximate surface area is 113 Å². The summed E-state index contributed by atoms with van der Waals surface area (Å²) in [5, 5.41) is 3.17. The lowest BCUT2D eigenvalue weighted by Crippen LogP contribution is -2.28. The minimum absolute atomic E-state index is 0.321. The molecule has 0 unspecified atom stereocenters. The van der Waals surface area contributed by atoms with Crippen LogP contribution in [-0.2, 0) is 4.74 Å². The Balaban J connectivity index is 2.62. The molecule has 0 aliphatic heterocycles. The van der Waals surface area contributed by atoms with Crippen LogP contribution in [-0.4, -0.2) is 49.1 Å². The van der Waals surface area contributed by atoms with Crippen LogP contribution in [0.25, 0.3) is 0 Å². The van der Waals surface area contributed by atoms with Crippen LogP contribution in [0.5, 0.6) is 0 Å². The smallest absolute Gasteiger partial charge is 0.340 e. The highest BCUT2D eigenvalue weighted by Crippen LogP contribution is 2.15. The monoisotopic (exact) mass is 266 g/mol. The largest absolute Gasteiger partial charge is 0.465 e. The summed E-state index contributed by atoms with van der Waals surface area (Å²) in [6.45, 7) is 7.97. The van der Waals surface area contributed by atoms with E-state index in [1.807, 2.05) is 0 Å². The van der Waals surface area contributed by atoms with Gasteiger partial charge >= 0.3 is 5.97 Å². The topological polar surface area (TPSA) is 80.5 Å². The Morgan fingerprint density at radius 1 is 1.47 bits per heavy atom. The summed E-state index contributed by atoms with van der Waals surface area (Å²) in [6.07, 6.45) is 1.46. The minimum atomic E-state index is -0.452. The van der Waals surface area contributed by atoms with E-state index < -0.39 is 5.97 Å². The van der Waals surface area contributed by atoms with Crippen LogP contribution in [0.4, 0.5) is 11.5 Å². The second-order valence-electron chi connectivity index (χ2n) is 4.10. The van der Waals surface area contributed by atoms with Gasteiger partial charge in [0.1, 0.15) is 5.82 Å². The van der Waals surface area contributed by atoms with Crippen LogP contribution in [0.2, 0.25) is 0 Å². The maximum Gasteiger partial charge on any atom is 0.340 e. The molecule has 0 aromatic carbocycles. The number of carbonyl (C=O) groups is 1. The zero-order valence-electron chi connectivity index (χ0n) is 11.8. The van der Waals surface area contributed by atoms with E-state index in [0.717, 1.165) is 26.2 Å². The van der Waals surface area contributed by atoms with E-state index in [2.05, 4.69) is 33.8 Å². The van der Waals surface area contributed by atoms with Gasteiger partial charge in [-0.2, -0.15) is 0 Å². The highest BCUT2D eigenvalue weighted by molar-refractivity contribution is 5.95. The first-order valence-electron chi connectivity index (χ1n) is 6.42. The van der Waals surface area contributed by atoms with Crippen molar-refractivity contribution in [1.82, 2.24) is 9.88 Å². The highest BCUT2D eigenvalue weighted by atomic mass is 16.5. The van der Waals surface area contributed by atoms with Crippen molar-refractivity contribution in [3.63, 3.8) is 0 Å². The average molecular weight is 266 g/mol. The molecular formula is C13H22N4O2. The Bertz CT molecular complexity index is 419. The van der Waals surface area contributed by atoms with Crippen LogP contribution in [0.1, 0.15) is 24.2 Å². The molecule has 0 aliphatic rings. The van der Waals surface area contributed by atoms with Gasteiger partial charge in [0.05, 0.1) is 24.6 Å². The molecule has 0 aliphatic carbocycles. The summed E-state index contributed by atoms with van der Waals surface area (Å²) in [5.74, 6) is 0.174. The number of methoxy groups -OCH3 is 1. The lowest BCUT2D eigenvalue weighted by Gasteiger charge is -2.18. The molecule has 0 atom stereocenters. The summed E-state index contributed by atoms with van der Waals surface area (Å²) < 4.78 is 4.67. The number of esters is 1. The van der Waals surface area contributed by atoms with Gasteiger partial charge in [0, 0.05) is 13.1 Å². The lowest BCUT2D eigenvalue weighted by atomic mass is 10.2. The van der Waals surface area contributed by atoms with Crippen LogP contribution in [0.3, 0.4) is 0 Å². The molecule has 1 aromatic heterocycles. The number of hydrogen-bond donors (Lipinski definition) is 2. The summed E-state index contributed by atoms with van der Waals surface area (Å²) in [4.78, 5) is 17.9. The standard InChI is InChI=1S/C13H22N4O2/c1-4-17(5-2)7-6-15-12-8-10(13(18)19-3)11(14)9-16-12/h8-9H,4-7,14H2,1-3H3,(H,15,16). The molecule has 0 saturated heterocycles. The molecule has 6 heteroatoms. The molecule has 19 heavy (non-hydrogen) atoms. The van der Waals surface area contributed by atoms with Gasteiger partial charge in [-0.05, 0) is 19.2 Å². The number of pyridine rings is 1. The van der Waals surface area contributed by atoms with Gasteiger partial charge in [0.15, 0.2) is 0 Å². The van der Waals surface area contributed by atoms with Crippen molar-refractivity contribution < 1.29 is 9.53 Å². The normalized spacial score (nSPS) is 10.5. The molecule has 0 fully saturated rings. The van der Waals surface area contributed by atoms with Gasteiger partial charge in [0.2, 0.25) is 0 Å². The van der Waals surface area contributed by atoms with Crippen molar-refractivity contribution in [2.45, 2.75) is 13.8 Å². The van der Waals surface area contributed by atoms with E-state index >= 15 is 0 Å². The maximum absolute atomic E-state index is 11.5. The Morgan fingerprint density at radius 3 is 2.74 bits per heavy atom. The molecule has 106 valence electrons. The number of nitrogens with zero attached hydrogens (tertiary/aromatic N) is 2. The van der Waals surface area contributed by atoms with Crippen molar-refractivity contribution in [3.8, 4) is 0 Å². The molecule has 0 spiro atoms. The van der Waals surface area contributed by atoms with Crippen molar-refractivity contribution in [2.75, 3.05) is 44.3 Å². The van der Waals surface area contributed by atoms with Gasteiger partial charge in [-0.1, -0.05) is 13.8 Å². The van der Waals surface area contributed by atoms with Gasteiger partial charge in [-0.15, -0.1) is 0 Å². The maximum atomic E-state index is 11.5. The molecule has 6 nitrogen and oxygen atoms in total. The van der Waals surface area contributed by atoms with Crippen molar-refractivity contribution in [1.29, 1.82) is 0 Å². The number of ether oxygens (including phenoxy) is 1. The number of carbonyl (C=O) groups excluding carboxylic acids is 1. The van der Waals surface area contributed by atoms with Crippen LogP contribution >= 0.6 is 0 Å². The first-order chi connectivity index (χ1) is 9.12. The molecule has 1 heterocycles.